The standard InChI is InChI=1S/C15H22N2O2/c1-10-3-4-13(9-15(10)16-11(2)18)17-12-5-7-14(19)8-6-12/h3-4,9,12,14,17,19H,5-8H2,1-2H3,(H,16,18). The van der Waals surface area contributed by atoms with Gasteiger partial charge >= 0.3 is 0 Å². The first-order chi connectivity index (χ1) is 9.04. The number of hydrogen-bond donors (Lipinski definition) is 3. The molecular formula is C15H22N2O2. The van der Waals surface area contributed by atoms with Gasteiger partial charge in [-0.2, -0.15) is 0 Å². The van der Waals surface area contributed by atoms with Crippen LogP contribution in [0.25, 0.3) is 0 Å². The smallest absolute Gasteiger partial charge is 0.221 e. The van der Waals surface area contributed by atoms with Crippen LogP contribution in [0.2, 0.25) is 0 Å². The average Bonchev–Trinajstić information content (AvgIpc) is 2.36. The molecule has 0 saturated heterocycles. The molecule has 0 atom stereocenters. The maximum atomic E-state index is 11.1. The lowest BCUT2D eigenvalue weighted by Gasteiger charge is -2.27. The Morgan fingerprint density at radius 2 is 1.95 bits per heavy atom. The first-order valence-corrected chi connectivity index (χ1v) is 6.87. The number of amides is 1. The number of carbonyl (C=O) groups is 1. The highest BCUT2D eigenvalue weighted by Crippen LogP contribution is 2.25. The number of hydrogen-bond acceptors (Lipinski definition) is 3. The highest BCUT2D eigenvalue weighted by atomic mass is 16.3. The summed E-state index contributed by atoms with van der Waals surface area (Å²) in [6.45, 7) is 3.49. The molecule has 4 nitrogen and oxygen atoms in total. The van der Waals surface area contributed by atoms with E-state index in [9.17, 15) is 9.90 Å². The minimum Gasteiger partial charge on any atom is -0.393 e. The number of aliphatic hydroxyl groups is 1. The molecule has 2 rings (SSSR count). The molecule has 0 heterocycles. The summed E-state index contributed by atoms with van der Waals surface area (Å²) in [5, 5.41) is 15.8. The number of anilines is 2. The van der Waals surface area contributed by atoms with Gasteiger partial charge in [-0.3, -0.25) is 4.79 Å². The van der Waals surface area contributed by atoms with E-state index in [1.54, 1.807) is 0 Å². The van der Waals surface area contributed by atoms with Gasteiger partial charge in [-0.25, -0.2) is 0 Å². The molecule has 19 heavy (non-hydrogen) atoms. The van der Waals surface area contributed by atoms with Crippen molar-refractivity contribution < 1.29 is 9.90 Å². The van der Waals surface area contributed by atoms with E-state index in [4.69, 9.17) is 0 Å². The fourth-order valence-electron chi connectivity index (χ4n) is 2.49. The summed E-state index contributed by atoms with van der Waals surface area (Å²) in [6.07, 6.45) is 3.57. The third kappa shape index (κ3) is 3.96. The molecule has 1 aromatic carbocycles. The van der Waals surface area contributed by atoms with Crippen molar-refractivity contribution in [2.24, 2.45) is 0 Å². The maximum absolute atomic E-state index is 11.1. The van der Waals surface area contributed by atoms with E-state index in [2.05, 4.69) is 10.6 Å². The van der Waals surface area contributed by atoms with Crippen LogP contribution in [-0.2, 0) is 4.79 Å². The van der Waals surface area contributed by atoms with E-state index in [-0.39, 0.29) is 12.0 Å². The van der Waals surface area contributed by atoms with E-state index >= 15 is 0 Å². The molecule has 3 N–H and O–H groups in total. The lowest BCUT2D eigenvalue weighted by molar-refractivity contribution is -0.114. The van der Waals surface area contributed by atoms with E-state index in [1.807, 2.05) is 25.1 Å². The van der Waals surface area contributed by atoms with Crippen molar-refractivity contribution in [3.05, 3.63) is 23.8 Å². The van der Waals surface area contributed by atoms with Gasteiger partial charge in [0.05, 0.1) is 6.10 Å². The van der Waals surface area contributed by atoms with Crippen LogP contribution in [0.15, 0.2) is 18.2 Å². The molecule has 4 heteroatoms. The normalized spacial score (nSPS) is 22.9. The van der Waals surface area contributed by atoms with Crippen LogP contribution in [0.1, 0.15) is 38.2 Å². The van der Waals surface area contributed by atoms with Gasteiger partial charge in [-0.1, -0.05) is 6.07 Å². The zero-order valence-corrected chi connectivity index (χ0v) is 11.6. The summed E-state index contributed by atoms with van der Waals surface area (Å²) in [5.41, 5.74) is 2.93. The molecule has 1 saturated carbocycles. The van der Waals surface area contributed by atoms with Gasteiger partial charge < -0.3 is 15.7 Å². The molecule has 1 aliphatic rings. The maximum Gasteiger partial charge on any atom is 0.221 e. The van der Waals surface area contributed by atoms with Crippen molar-refractivity contribution in [3.63, 3.8) is 0 Å². The molecule has 1 amide bonds. The highest BCUT2D eigenvalue weighted by molar-refractivity contribution is 5.90. The largest absolute Gasteiger partial charge is 0.393 e. The van der Waals surface area contributed by atoms with Gasteiger partial charge in [0.2, 0.25) is 5.91 Å². The van der Waals surface area contributed by atoms with E-state index in [1.165, 1.54) is 6.92 Å². The Hall–Kier alpha value is -1.55. The van der Waals surface area contributed by atoms with Crippen LogP contribution < -0.4 is 10.6 Å². The van der Waals surface area contributed by atoms with Crippen LogP contribution >= 0.6 is 0 Å². The summed E-state index contributed by atoms with van der Waals surface area (Å²) >= 11 is 0. The Morgan fingerprint density at radius 3 is 2.58 bits per heavy atom. The monoisotopic (exact) mass is 262 g/mol. The summed E-state index contributed by atoms with van der Waals surface area (Å²) in [6, 6.07) is 6.43. The second-order valence-corrected chi connectivity index (χ2v) is 5.36. The third-order valence-corrected chi connectivity index (χ3v) is 3.62. The molecule has 104 valence electrons. The Balaban J connectivity index is 2.02. The van der Waals surface area contributed by atoms with Crippen LogP contribution in [0.4, 0.5) is 11.4 Å². The fourth-order valence-corrected chi connectivity index (χ4v) is 2.49. The number of aryl methyl sites for hydroxylation is 1. The Kier molecular flexibility index (Phi) is 4.43. The molecule has 0 bridgehead atoms. The Morgan fingerprint density at radius 1 is 1.26 bits per heavy atom. The lowest BCUT2D eigenvalue weighted by Crippen LogP contribution is -2.28. The Labute approximate surface area is 114 Å². The molecular weight excluding hydrogens is 240 g/mol. The van der Waals surface area contributed by atoms with E-state index < -0.39 is 0 Å². The minimum absolute atomic E-state index is 0.0546. The van der Waals surface area contributed by atoms with Crippen molar-refractivity contribution in [2.45, 2.75) is 51.7 Å². The second kappa shape index (κ2) is 6.06. The predicted octanol–water partition coefficient (Wildman–Crippen LogP) is 2.67. The molecule has 0 aliphatic heterocycles. The summed E-state index contributed by atoms with van der Waals surface area (Å²) in [5.74, 6) is -0.0546. The quantitative estimate of drug-likeness (QED) is 0.785. The molecule has 0 aromatic heterocycles. The molecule has 1 aromatic rings. The number of nitrogens with one attached hydrogen (secondary N) is 2. The van der Waals surface area contributed by atoms with Gasteiger partial charge in [-0.05, 0) is 50.3 Å². The minimum atomic E-state index is -0.133. The van der Waals surface area contributed by atoms with Gasteiger partial charge in [0.25, 0.3) is 0 Å². The topological polar surface area (TPSA) is 61.4 Å². The summed E-state index contributed by atoms with van der Waals surface area (Å²) < 4.78 is 0. The highest BCUT2D eigenvalue weighted by Gasteiger charge is 2.19. The van der Waals surface area contributed by atoms with Crippen LogP contribution in [0, 0.1) is 6.92 Å². The number of carbonyl (C=O) groups excluding carboxylic acids is 1. The van der Waals surface area contributed by atoms with Gasteiger partial charge in [0, 0.05) is 24.3 Å². The van der Waals surface area contributed by atoms with Gasteiger partial charge in [0.1, 0.15) is 0 Å². The SMILES string of the molecule is CC(=O)Nc1cc(NC2CCC(O)CC2)ccc1C. The first kappa shape index (κ1) is 13.9. The van der Waals surface area contributed by atoms with Crippen molar-refractivity contribution in [1.29, 1.82) is 0 Å². The van der Waals surface area contributed by atoms with Crippen LogP contribution in [0.3, 0.4) is 0 Å². The van der Waals surface area contributed by atoms with Crippen molar-refractivity contribution in [1.82, 2.24) is 0 Å². The number of aliphatic hydroxyl groups excluding tert-OH is 1. The third-order valence-electron chi connectivity index (χ3n) is 3.62. The van der Waals surface area contributed by atoms with Crippen molar-refractivity contribution >= 4 is 17.3 Å². The number of rotatable bonds is 3. The average molecular weight is 262 g/mol. The van der Waals surface area contributed by atoms with E-state index in [0.29, 0.717) is 6.04 Å². The molecule has 1 aliphatic carbocycles. The number of benzene rings is 1. The molecule has 0 unspecified atom stereocenters. The zero-order chi connectivity index (χ0) is 13.8. The lowest BCUT2D eigenvalue weighted by atomic mass is 9.93. The summed E-state index contributed by atoms with van der Waals surface area (Å²) in [4.78, 5) is 11.1. The zero-order valence-electron chi connectivity index (χ0n) is 11.6. The molecule has 0 spiro atoms. The predicted molar refractivity (Wildman–Crippen MR) is 77.4 cm³/mol. The van der Waals surface area contributed by atoms with E-state index in [0.717, 1.165) is 42.6 Å². The van der Waals surface area contributed by atoms with Gasteiger partial charge in [-0.15, -0.1) is 0 Å². The van der Waals surface area contributed by atoms with Crippen LogP contribution in [-0.4, -0.2) is 23.2 Å². The Bertz CT molecular complexity index is 451. The van der Waals surface area contributed by atoms with Crippen molar-refractivity contribution in [2.75, 3.05) is 10.6 Å². The fraction of sp³-hybridized carbons (Fsp3) is 0.533. The van der Waals surface area contributed by atoms with Gasteiger partial charge in [0.15, 0.2) is 0 Å². The van der Waals surface area contributed by atoms with Crippen LogP contribution in [0.5, 0.6) is 0 Å². The second-order valence-electron chi connectivity index (χ2n) is 5.36. The molecule has 1 fully saturated rings. The summed E-state index contributed by atoms with van der Waals surface area (Å²) in [7, 11) is 0. The van der Waals surface area contributed by atoms with Crippen molar-refractivity contribution in [3.8, 4) is 0 Å². The first-order valence-electron chi connectivity index (χ1n) is 6.87. The molecule has 0 radical (unpaired) electrons.